The molecule has 1 saturated heterocycles. The summed E-state index contributed by atoms with van der Waals surface area (Å²) in [4.78, 5) is 22.6. The molecule has 1 fully saturated rings. The van der Waals surface area contributed by atoms with Gasteiger partial charge >= 0.3 is 0 Å². The first-order valence-corrected chi connectivity index (χ1v) is 10.0. The monoisotopic (exact) mass is 397 g/mol. The van der Waals surface area contributed by atoms with E-state index in [1.807, 2.05) is 22.4 Å². The third kappa shape index (κ3) is 3.36. The van der Waals surface area contributed by atoms with Gasteiger partial charge in [0.2, 0.25) is 12.7 Å². The van der Waals surface area contributed by atoms with Crippen molar-refractivity contribution in [2.24, 2.45) is 0 Å². The molecule has 28 heavy (non-hydrogen) atoms. The molecular formula is C20H19N3O4S. The molecule has 7 nitrogen and oxygen atoms in total. The fraction of sp³-hybridized carbons (Fsp3) is 0.300. The second-order valence-corrected chi connectivity index (χ2v) is 7.71. The number of oxazole rings is 1. The number of amides is 1. The van der Waals surface area contributed by atoms with Gasteiger partial charge in [0.05, 0.1) is 10.6 Å². The Kier molecular flexibility index (Phi) is 4.50. The number of thiophene rings is 1. The number of carbonyl (C=O) groups excluding carboxylic acids is 1. The summed E-state index contributed by atoms with van der Waals surface area (Å²) in [5.41, 5.74) is 1.55. The van der Waals surface area contributed by atoms with E-state index < -0.39 is 0 Å². The molecule has 1 aromatic carbocycles. The van der Waals surface area contributed by atoms with Gasteiger partial charge in [-0.05, 0) is 29.6 Å². The zero-order valence-corrected chi connectivity index (χ0v) is 16.0. The Balaban J connectivity index is 1.18. The van der Waals surface area contributed by atoms with Gasteiger partial charge in [-0.1, -0.05) is 6.07 Å². The van der Waals surface area contributed by atoms with Crippen LogP contribution in [0.4, 0.5) is 0 Å². The van der Waals surface area contributed by atoms with E-state index in [0.717, 1.165) is 30.2 Å². The zero-order chi connectivity index (χ0) is 18.9. The Bertz CT molecular complexity index is 977. The summed E-state index contributed by atoms with van der Waals surface area (Å²) in [7, 11) is 0. The largest absolute Gasteiger partial charge is 0.454 e. The lowest BCUT2D eigenvalue weighted by atomic mass is 10.1. The van der Waals surface area contributed by atoms with E-state index in [1.165, 1.54) is 0 Å². The molecule has 0 spiro atoms. The number of benzene rings is 1. The highest BCUT2D eigenvalue weighted by Crippen LogP contribution is 2.33. The van der Waals surface area contributed by atoms with Crippen LogP contribution in [0.15, 0.2) is 46.4 Å². The summed E-state index contributed by atoms with van der Waals surface area (Å²) in [5.74, 6) is 2.02. The molecule has 0 bridgehead atoms. The molecule has 2 aliphatic rings. The summed E-state index contributed by atoms with van der Waals surface area (Å²) in [6.07, 6.45) is 1.72. The lowest BCUT2D eigenvalue weighted by molar-refractivity contribution is 0.0626. The fourth-order valence-corrected chi connectivity index (χ4v) is 4.10. The minimum absolute atomic E-state index is 0.0272. The highest BCUT2D eigenvalue weighted by molar-refractivity contribution is 7.13. The Hall–Kier alpha value is -2.84. The van der Waals surface area contributed by atoms with Crippen LogP contribution in [0.5, 0.6) is 11.5 Å². The number of hydrogen-bond acceptors (Lipinski definition) is 7. The van der Waals surface area contributed by atoms with Crippen molar-refractivity contribution in [1.29, 1.82) is 0 Å². The minimum Gasteiger partial charge on any atom is -0.454 e. The Morgan fingerprint density at radius 2 is 1.96 bits per heavy atom. The van der Waals surface area contributed by atoms with Crippen molar-refractivity contribution in [1.82, 2.24) is 14.8 Å². The molecule has 2 aromatic heterocycles. The van der Waals surface area contributed by atoms with Gasteiger partial charge in [0.15, 0.2) is 11.5 Å². The zero-order valence-electron chi connectivity index (χ0n) is 15.2. The molecule has 0 unspecified atom stereocenters. The molecule has 1 amide bonds. The van der Waals surface area contributed by atoms with E-state index in [1.54, 1.807) is 35.8 Å². The Morgan fingerprint density at radius 1 is 1.11 bits per heavy atom. The summed E-state index contributed by atoms with van der Waals surface area (Å²) in [6, 6.07) is 9.34. The molecule has 0 atom stereocenters. The van der Waals surface area contributed by atoms with Gasteiger partial charge in [-0.25, -0.2) is 4.98 Å². The van der Waals surface area contributed by atoms with E-state index in [-0.39, 0.29) is 12.7 Å². The predicted octanol–water partition coefficient (Wildman–Crippen LogP) is 3.09. The van der Waals surface area contributed by atoms with Crippen molar-refractivity contribution in [3.05, 3.63) is 53.2 Å². The van der Waals surface area contributed by atoms with Crippen molar-refractivity contribution in [3.63, 3.8) is 0 Å². The molecule has 5 rings (SSSR count). The van der Waals surface area contributed by atoms with Gasteiger partial charge in [-0.2, -0.15) is 0 Å². The van der Waals surface area contributed by atoms with Crippen LogP contribution >= 0.6 is 11.3 Å². The van der Waals surface area contributed by atoms with E-state index >= 15 is 0 Å². The van der Waals surface area contributed by atoms with Gasteiger partial charge in [0.1, 0.15) is 6.26 Å². The summed E-state index contributed by atoms with van der Waals surface area (Å²) < 4.78 is 16.3. The van der Waals surface area contributed by atoms with Crippen molar-refractivity contribution in [2.75, 3.05) is 33.0 Å². The second-order valence-electron chi connectivity index (χ2n) is 6.76. The topological polar surface area (TPSA) is 68.0 Å². The van der Waals surface area contributed by atoms with Crippen molar-refractivity contribution in [3.8, 4) is 22.3 Å². The van der Waals surface area contributed by atoms with Crippen LogP contribution in [-0.2, 0) is 6.54 Å². The first-order valence-electron chi connectivity index (χ1n) is 9.16. The number of nitrogens with zero attached hydrogens (tertiary/aromatic N) is 3. The van der Waals surface area contributed by atoms with Gasteiger partial charge in [0, 0.05) is 38.3 Å². The lowest BCUT2D eigenvalue weighted by Gasteiger charge is -2.34. The van der Waals surface area contributed by atoms with Crippen LogP contribution in [0.25, 0.3) is 10.8 Å². The number of rotatable bonds is 4. The Labute approximate surface area is 166 Å². The molecule has 0 aliphatic carbocycles. The third-order valence-electron chi connectivity index (χ3n) is 4.95. The summed E-state index contributed by atoms with van der Waals surface area (Å²) in [5, 5.41) is 2.01. The number of carbonyl (C=O) groups is 1. The maximum Gasteiger partial charge on any atom is 0.254 e. The highest BCUT2D eigenvalue weighted by atomic mass is 32.1. The number of piperazine rings is 1. The van der Waals surface area contributed by atoms with Gasteiger partial charge in [-0.15, -0.1) is 11.3 Å². The third-order valence-corrected chi connectivity index (χ3v) is 5.81. The highest BCUT2D eigenvalue weighted by Gasteiger charge is 2.24. The van der Waals surface area contributed by atoms with Crippen molar-refractivity contribution < 1.29 is 18.7 Å². The molecule has 2 aliphatic heterocycles. The molecule has 0 N–H and O–H groups in total. The van der Waals surface area contributed by atoms with Gasteiger partial charge in [0.25, 0.3) is 5.91 Å². The van der Waals surface area contributed by atoms with Crippen LogP contribution < -0.4 is 9.47 Å². The minimum atomic E-state index is 0.0272. The molecule has 144 valence electrons. The Morgan fingerprint density at radius 3 is 2.79 bits per heavy atom. The SMILES string of the molecule is O=C(c1ccc2c(c1)OCO2)N1CCN(Cc2coc(-c3cccs3)n2)CC1. The normalized spacial score (nSPS) is 16.5. The molecule has 4 heterocycles. The smallest absolute Gasteiger partial charge is 0.254 e. The van der Waals surface area contributed by atoms with Crippen molar-refractivity contribution >= 4 is 17.2 Å². The average Bonchev–Trinajstić information content (AvgIpc) is 3.48. The number of aromatic nitrogens is 1. The number of fused-ring (bicyclic) bond motifs is 1. The van der Waals surface area contributed by atoms with E-state index in [4.69, 9.17) is 13.9 Å². The van der Waals surface area contributed by atoms with Crippen LogP contribution in [0.3, 0.4) is 0 Å². The van der Waals surface area contributed by atoms with Gasteiger partial charge < -0.3 is 18.8 Å². The van der Waals surface area contributed by atoms with Gasteiger partial charge in [-0.3, -0.25) is 9.69 Å². The van der Waals surface area contributed by atoms with Crippen molar-refractivity contribution in [2.45, 2.75) is 6.54 Å². The quantitative estimate of drug-likeness (QED) is 0.674. The molecule has 0 radical (unpaired) electrons. The molecular weight excluding hydrogens is 378 g/mol. The number of ether oxygens (including phenoxy) is 2. The first kappa shape index (κ1) is 17.3. The van der Waals surface area contributed by atoms with E-state index in [0.29, 0.717) is 36.0 Å². The molecule has 0 saturated carbocycles. The second kappa shape index (κ2) is 7.29. The fourth-order valence-electron chi connectivity index (χ4n) is 3.44. The number of hydrogen-bond donors (Lipinski definition) is 0. The van der Waals surface area contributed by atoms with E-state index in [2.05, 4.69) is 9.88 Å². The average molecular weight is 397 g/mol. The van der Waals surface area contributed by atoms with Crippen LogP contribution in [-0.4, -0.2) is 53.7 Å². The van der Waals surface area contributed by atoms with E-state index in [9.17, 15) is 4.79 Å². The summed E-state index contributed by atoms with van der Waals surface area (Å²) >= 11 is 1.61. The standard InChI is InChI=1S/C20H19N3O4S/c24-20(14-3-4-16-17(10-14)27-13-26-16)23-7-5-22(6-8-23)11-15-12-25-19(21-15)18-2-1-9-28-18/h1-4,9-10,12H,5-8,11,13H2. The van der Waals surface area contributed by atoms with Crippen LogP contribution in [0.1, 0.15) is 16.1 Å². The molecule has 3 aromatic rings. The maximum atomic E-state index is 12.8. The van der Waals surface area contributed by atoms with Crippen LogP contribution in [0.2, 0.25) is 0 Å². The summed E-state index contributed by atoms with van der Waals surface area (Å²) in [6.45, 7) is 3.91. The van der Waals surface area contributed by atoms with Crippen LogP contribution in [0, 0.1) is 0 Å². The first-order chi connectivity index (χ1) is 13.8. The lowest BCUT2D eigenvalue weighted by Crippen LogP contribution is -2.48. The maximum absolute atomic E-state index is 12.8. The molecule has 8 heteroatoms. The predicted molar refractivity (Wildman–Crippen MR) is 104 cm³/mol.